The summed E-state index contributed by atoms with van der Waals surface area (Å²) < 4.78 is 38.0. The maximum Gasteiger partial charge on any atom is 0.416 e. The number of aliphatic imine (C=N–C) groups is 2. The highest BCUT2D eigenvalue weighted by Crippen LogP contribution is 2.29. The number of rotatable bonds is 4. The fourth-order valence-corrected chi connectivity index (χ4v) is 2.62. The van der Waals surface area contributed by atoms with Crippen molar-refractivity contribution in [3.05, 3.63) is 83.4 Å². The molecule has 0 aliphatic carbocycles. The number of benzene rings is 2. The molecule has 3 nitrogen and oxygen atoms in total. The van der Waals surface area contributed by atoms with E-state index in [9.17, 15) is 13.2 Å². The van der Waals surface area contributed by atoms with Gasteiger partial charge in [-0.05, 0) is 55.7 Å². The van der Waals surface area contributed by atoms with E-state index >= 15 is 0 Å². The molecule has 2 rings (SSSR count). The van der Waals surface area contributed by atoms with Gasteiger partial charge in [-0.15, -0.1) is 0 Å². The van der Waals surface area contributed by atoms with E-state index in [0.717, 1.165) is 28.8 Å². The molecule has 0 radical (unpaired) electrons. The Bertz CT molecular complexity index is 966. The highest BCUT2D eigenvalue weighted by atomic mass is 19.4. The van der Waals surface area contributed by atoms with E-state index in [-0.39, 0.29) is 0 Å². The second-order valence-electron chi connectivity index (χ2n) is 6.43. The molecule has 0 amide bonds. The largest absolute Gasteiger partial charge is 0.416 e. The van der Waals surface area contributed by atoms with Gasteiger partial charge in [-0.25, -0.2) is 9.98 Å². The van der Waals surface area contributed by atoms with E-state index in [4.69, 9.17) is 5.73 Å². The second kappa shape index (κ2) is 8.25. The number of halogens is 3. The zero-order valence-electron chi connectivity index (χ0n) is 16.1. The van der Waals surface area contributed by atoms with Crippen molar-refractivity contribution in [1.82, 2.24) is 0 Å². The monoisotopic (exact) mass is 385 g/mol. The summed E-state index contributed by atoms with van der Waals surface area (Å²) in [6, 6.07) is 10.5. The third-order valence-electron chi connectivity index (χ3n) is 4.18. The van der Waals surface area contributed by atoms with E-state index in [1.165, 1.54) is 12.1 Å². The fraction of sp³-hybridized carbons (Fsp3) is 0.182. The first-order valence-corrected chi connectivity index (χ1v) is 8.52. The number of hydrogen-bond donors (Lipinski definition) is 1. The zero-order chi connectivity index (χ0) is 21.1. The molecule has 0 saturated carbocycles. The summed E-state index contributed by atoms with van der Waals surface area (Å²) in [5, 5.41) is 0. The molecular formula is C22H22F3N3. The third-order valence-corrected chi connectivity index (χ3v) is 4.18. The first kappa shape index (κ1) is 21.2. The molecule has 28 heavy (non-hydrogen) atoms. The molecule has 146 valence electrons. The van der Waals surface area contributed by atoms with Crippen LogP contribution in [0.5, 0.6) is 0 Å². The van der Waals surface area contributed by atoms with Gasteiger partial charge in [0.15, 0.2) is 0 Å². The molecule has 0 aliphatic rings. The SMILES string of the molecule is C=C(N)c1ccc(C)c(C(=C)/N=C(C)\N=C(/C)c2ccc(C(F)(F)F)cc2)c1. The lowest BCUT2D eigenvalue weighted by atomic mass is 10.0. The first-order chi connectivity index (χ1) is 13.0. The third kappa shape index (κ3) is 5.19. The van der Waals surface area contributed by atoms with Crippen LogP contribution < -0.4 is 5.73 Å². The molecule has 0 spiro atoms. The lowest BCUT2D eigenvalue weighted by molar-refractivity contribution is -0.137. The number of nitrogens with two attached hydrogens (primary N) is 1. The van der Waals surface area contributed by atoms with E-state index in [2.05, 4.69) is 23.1 Å². The Morgan fingerprint density at radius 3 is 2.04 bits per heavy atom. The number of hydrogen-bond acceptors (Lipinski definition) is 2. The van der Waals surface area contributed by atoms with Gasteiger partial charge in [0.2, 0.25) is 0 Å². The maximum atomic E-state index is 12.7. The summed E-state index contributed by atoms with van der Waals surface area (Å²) in [5.74, 6) is 0.443. The zero-order valence-corrected chi connectivity index (χ0v) is 16.1. The Kier molecular flexibility index (Phi) is 6.23. The van der Waals surface area contributed by atoms with Crippen molar-refractivity contribution >= 4 is 22.9 Å². The van der Waals surface area contributed by atoms with Gasteiger partial charge in [0.05, 0.1) is 11.3 Å². The minimum Gasteiger partial charge on any atom is -0.399 e. The molecule has 0 aromatic heterocycles. The number of aryl methyl sites for hydroxylation is 1. The van der Waals surface area contributed by atoms with Crippen molar-refractivity contribution in [2.45, 2.75) is 26.9 Å². The molecule has 0 atom stereocenters. The lowest BCUT2D eigenvalue weighted by Crippen LogP contribution is -2.06. The average molecular weight is 385 g/mol. The fourth-order valence-electron chi connectivity index (χ4n) is 2.62. The summed E-state index contributed by atoms with van der Waals surface area (Å²) in [4.78, 5) is 8.79. The average Bonchev–Trinajstić information content (AvgIpc) is 2.60. The van der Waals surface area contributed by atoms with Crippen LogP contribution in [0.2, 0.25) is 0 Å². The van der Waals surface area contributed by atoms with Gasteiger partial charge < -0.3 is 5.73 Å². The van der Waals surface area contributed by atoms with Crippen molar-refractivity contribution in [1.29, 1.82) is 0 Å². The van der Waals surface area contributed by atoms with Gasteiger partial charge in [0.25, 0.3) is 0 Å². The molecule has 2 N–H and O–H groups in total. The van der Waals surface area contributed by atoms with Gasteiger partial charge >= 0.3 is 6.18 Å². The highest BCUT2D eigenvalue weighted by molar-refractivity contribution is 6.06. The number of nitrogens with zero attached hydrogens (tertiary/aromatic N) is 2. The van der Waals surface area contributed by atoms with Gasteiger partial charge in [0, 0.05) is 17.0 Å². The Balaban J connectivity index is 2.26. The molecule has 0 heterocycles. The van der Waals surface area contributed by atoms with Crippen molar-refractivity contribution in [3.8, 4) is 0 Å². The number of amidine groups is 1. The van der Waals surface area contributed by atoms with Crippen molar-refractivity contribution in [2.75, 3.05) is 0 Å². The van der Waals surface area contributed by atoms with E-state index in [1.54, 1.807) is 13.8 Å². The molecule has 0 bridgehead atoms. The maximum absolute atomic E-state index is 12.7. The molecule has 0 aliphatic heterocycles. The van der Waals surface area contributed by atoms with E-state index < -0.39 is 11.7 Å². The summed E-state index contributed by atoms with van der Waals surface area (Å²) in [6.45, 7) is 13.1. The topological polar surface area (TPSA) is 50.7 Å². The Hall–Kier alpha value is -3.15. The molecule has 2 aromatic carbocycles. The summed E-state index contributed by atoms with van der Waals surface area (Å²) in [5.41, 5.74) is 9.77. The van der Waals surface area contributed by atoms with Gasteiger partial charge in [-0.3, -0.25) is 0 Å². The number of alkyl halides is 3. The van der Waals surface area contributed by atoms with Crippen molar-refractivity contribution in [2.24, 2.45) is 15.7 Å². The standard InChI is InChI=1S/C22H22F3N3/c1-13-6-7-19(14(2)26)12-21(13)16(4)28-17(5)27-15(3)18-8-10-20(11-9-18)22(23,24)25/h6-12H,2,4,26H2,1,3,5H3/b27-15+,28-17-. The van der Waals surface area contributed by atoms with Crippen LogP contribution in [0.25, 0.3) is 11.4 Å². The van der Waals surface area contributed by atoms with Crippen LogP contribution in [0.1, 0.15) is 41.7 Å². The van der Waals surface area contributed by atoms with Crippen LogP contribution in [-0.2, 0) is 6.18 Å². The van der Waals surface area contributed by atoms with Crippen LogP contribution in [0.3, 0.4) is 0 Å². The van der Waals surface area contributed by atoms with Crippen LogP contribution in [-0.4, -0.2) is 11.5 Å². The summed E-state index contributed by atoms with van der Waals surface area (Å²) in [6.07, 6.45) is -4.36. The smallest absolute Gasteiger partial charge is 0.399 e. The Morgan fingerprint density at radius 1 is 0.929 bits per heavy atom. The van der Waals surface area contributed by atoms with Gasteiger partial charge in [-0.2, -0.15) is 13.2 Å². The van der Waals surface area contributed by atoms with Crippen molar-refractivity contribution in [3.63, 3.8) is 0 Å². The van der Waals surface area contributed by atoms with Crippen LogP contribution in [0.4, 0.5) is 13.2 Å². The molecule has 6 heteroatoms. The van der Waals surface area contributed by atoms with Crippen LogP contribution in [0.15, 0.2) is 65.6 Å². The summed E-state index contributed by atoms with van der Waals surface area (Å²) >= 11 is 0. The predicted octanol–water partition coefficient (Wildman–Crippen LogP) is 5.84. The van der Waals surface area contributed by atoms with Gasteiger partial charge in [0.1, 0.15) is 5.84 Å². The molecule has 2 aromatic rings. The van der Waals surface area contributed by atoms with E-state index in [1.807, 2.05) is 25.1 Å². The Morgan fingerprint density at radius 2 is 1.50 bits per heavy atom. The minimum atomic E-state index is -4.36. The van der Waals surface area contributed by atoms with Crippen LogP contribution in [0, 0.1) is 6.92 Å². The summed E-state index contributed by atoms with van der Waals surface area (Å²) in [7, 11) is 0. The van der Waals surface area contributed by atoms with Crippen LogP contribution >= 0.6 is 0 Å². The molecular weight excluding hydrogens is 363 g/mol. The Labute approximate surface area is 162 Å². The molecule has 0 fully saturated rings. The predicted molar refractivity (Wildman–Crippen MR) is 110 cm³/mol. The second-order valence-corrected chi connectivity index (χ2v) is 6.43. The highest BCUT2D eigenvalue weighted by Gasteiger charge is 2.29. The van der Waals surface area contributed by atoms with Gasteiger partial charge in [-0.1, -0.05) is 37.4 Å². The lowest BCUT2D eigenvalue weighted by Gasteiger charge is -2.09. The minimum absolute atomic E-state index is 0.443. The quantitative estimate of drug-likeness (QED) is 0.521. The molecule has 0 saturated heterocycles. The normalized spacial score (nSPS) is 12.8. The first-order valence-electron chi connectivity index (χ1n) is 8.52. The van der Waals surface area contributed by atoms with E-state index in [0.29, 0.717) is 28.5 Å². The molecule has 0 unspecified atom stereocenters. The van der Waals surface area contributed by atoms with Crippen molar-refractivity contribution < 1.29 is 13.2 Å².